The lowest BCUT2D eigenvalue weighted by molar-refractivity contribution is -0.147. The van der Waals surface area contributed by atoms with E-state index >= 15 is 0 Å². The van der Waals surface area contributed by atoms with Crippen LogP contribution in [0.1, 0.15) is 84.0 Å². The Bertz CT molecular complexity index is 350. The first kappa shape index (κ1) is 23.9. The van der Waals surface area contributed by atoms with Gasteiger partial charge in [0, 0.05) is 6.42 Å². The van der Waals surface area contributed by atoms with E-state index in [0.717, 1.165) is 32.1 Å². The second-order valence-corrected chi connectivity index (χ2v) is 6.50. The minimum absolute atomic E-state index is 0.115. The predicted molar refractivity (Wildman–Crippen MR) is 103 cm³/mol. The summed E-state index contributed by atoms with van der Waals surface area (Å²) in [7, 11) is 0. The van der Waals surface area contributed by atoms with Gasteiger partial charge in [0.1, 0.15) is 12.7 Å². The number of carbonyl (C=O) groups is 1. The van der Waals surface area contributed by atoms with Crippen molar-refractivity contribution >= 4 is 5.97 Å². The molecule has 0 aromatic heterocycles. The third-order valence-corrected chi connectivity index (χ3v) is 3.98. The van der Waals surface area contributed by atoms with Crippen molar-refractivity contribution in [2.75, 3.05) is 13.2 Å². The number of rotatable bonds is 17. The Morgan fingerprint density at radius 1 is 0.920 bits per heavy atom. The van der Waals surface area contributed by atoms with Crippen LogP contribution in [0, 0.1) is 0 Å². The Kier molecular flexibility index (Phi) is 18.3. The lowest BCUT2D eigenvalue weighted by atomic mass is 10.1. The molecule has 0 aliphatic rings. The van der Waals surface area contributed by atoms with Crippen molar-refractivity contribution in [1.82, 2.24) is 0 Å². The molecule has 0 saturated carbocycles. The van der Waals surface area contributed by atoms with Crippen molar-refractivity contribution in [3.05, 3.63) is 24.3 Å². The van der Waals surface area contributed by atoms with Gasteiger partial charge in [-0.3, -0.25) is 4.79 Å². The molecular weight excluding hydrogens is 316 g/mol. The molecule has 0 spiro atoms. The summed E-state index contributed by atoms with van der Waals surface area (Å²) in [4.78, 5) is 11.4. The van der Waals surface area contributed by atoms with Crippen LogP contribution in [0.25, 0.3) is 0 Å². The second kappa shape index (κ2) is 19.2. The van der Waals surface area contributed by atoms with Crippen LogP contribution in [0.4, 0.5) is 0 Å². The third-order valence-electron chi connectivity index (χ3n) is 3.98. The van der Waals surface area contributed by atoms with E-state index in [1.54, 1.807) is 0 Å². The molecule has 0 saturated heterocycles. The topological polar surface area (TPSA) is 66.8 Å². The first-order valence-corrected chi connectivity index (χ1v) is 9.95. The van der Waals surface area contributed by atoms with E-state index in [4.69, 9.17) is 14.9 Å². The van der Waals surface area contributed by atoms with Crippen LogP contribution in [-0.2, 0) is 9.53 Å². The minimum Gasteiger partial charge on any atom is -0.463 e. The van der Waals surface area contributed by atoms with Gasteiger partial charge in [0.05, 0.1) is 6.61 Å². The van der Waals surface area contributed by atoms with Crippen LogP contribution >= 0.6 is 0 Å². The van der Waals surface area contributed by atoms with E-state index < -0.39 is 6.10 Å². The highest BCUT2D eigenvalue weighted by Gasteiger charge is 2.07. The van der Waals surface area contributed by atoms with Gasteiger partial charge >= 0.3 is 5.97 Å². The van der Waals surface area contributed by atoms with E-state index in [1.807, 2.05) is 0 Å². The summed E-state index contributed by atoms with van der Waals surface area (Å²) in [6, 6.07) is 0. The van der Waals surface area contributed by atoms with Gasteiger partial charge in [0.2, 0.25) is 0 Å². The molecule has 25 heavy (non-hydrogen) atoms. The third kappa shape index (κ3) is 19.0. The zero-order chi connectivity index (χ0) is 18.6. The molecule has 0 aliphatic heterocycles. The van der Waals surface area contributed by atoms with E-state index in [2.05, 4.69) is 31.2 Å². The number of esters is 1. The number of hydrogen-bond donors (Lipinski definition) is 2. The van der Waals surface area contributed by atoms with Crippen LogP contribution in [0.5, 0.6) is 0 Å². The molecule has 0 aromatic rings. The molecule has 0 rings (SSSR count). The highest BCUT2D eigenvalue weighted by Crippen LogP contribution is 2.08. The molecule has 0 unspecified atom stereocenters. The molecule has 0 heterocycles. The average molecular weight is 355 g/mol. The number of carbonyl (C=O) groups excluding carboxylic acids is 1. The molecule has 4 nitrogen and oxygen atoms in total. The summed E-state index contributed by atoms with van der Waals surface area (Å²) in [6.07, 6.45) is 21.1. The van der Waals surface area contributed by atoms with Gasteiger partial charge in [-0.1, -0.05) is 63.3 Å². The maximum Gasteiger partial charge on any atom is 0.305 e. The van der Waals surface area contributed by atoms with Crippen molar-refractivity contribution in [1.29, 1.82) is 0 Å². The molecule has 0 fully saturated rings. The zero-order valence-electron chi connectivity index (χ0n) is 16.0. The summed E-state index contributed by atoms with van der Waals surface area (Å²) in [6.45, 7) is 1.74. The van der Waals surface area contributed by atoms with Gasteiger partial charge in [-0.25, -0.2) is 0 Å². The maximum atomic E-state index is 11.4. The highest BCUT2D eigenvalue weighted by molar-refractivity contribution is 5.69. The van der Waals surface area contributed by atoms with Crippen LogP contribution in [-0.4, -0.2) is 35.5 Å². The van der Waals surface area contributed by atoms with Crippen molar-refractivity contribution in [2.45, 2.75) is 90.1 Å². The Hall–Kier alpha value is -1.13. The van der Waals surface area contributed by atoms with E-state index in [-0.39, 0.29) is 19.2 Å². The number of aliphatic hydroxyl groups is 2. The fourth-order valence-corrected chi connectivity index (χ4v) is 2.39. The summed E-state index contributed by atoms with van der Waals surface area (Å²) < 4.78 is 4.85. The van der Waals surface area contributed by atoms with Gasteiger partial charge in [-0.2, -0.15) is 0 Å². The van der Waals surface area contributed by atoms with Crippen molar-refractivity contribution < 1.29 is 19.7 Å². The van der Waals surface area contributed by atoms with Crippen LogP contribution in [0.15, 0.2) is 24.3 Å². The molecule has 2 N–H and O–H groups in total. The normalized spacial score (nSPS) is 12.9. The molecule has 0 amide bonds. The minimum atomic E-state index is -0.964. The molecule has 0 bridgehead atoms. The van der Waals surface area contributed by atoms with Crippen molar-refractivity contribution in [2.24, 2.45) is 0 Å². The molecule has 0 aliphatic carbocycles. The number of hydrogen-bond acceptors (Lipinski definition) is 4. The Morgan fingerprint density at radius 3 is 2.16 bits per heavy atom. The van der Waals surface area contributed by atoms with E-state index in [9.17, 15) is 4.79 Å². The Labute approximate surface area is 154 Å². The van der Waals surface area contributed by atoms with E-state index in [1.165, 1.54) is 38.5 Å². The fraction of sp³-hybridized carbons (Fsp3) is 0.762. The summed E-state index contributed by atoms with van der Waals surface area (Å²) in [5.74, 6) is -0.293. The molecule has 4 heteroatoms. The molecule has 1 atom stereocenters. The quantitative estimate of drug-likeness (QED) is 0.226. The number of allylic oxidation sites excluding steroid dienone is 4. The summed E-state index contributed by atoms with van der Waals surface area (Å²) in [5.41, 5.74) is 0. The number of unbranched alkanes of at least 4 members (excludes halogenated alkanes) is 8. The Balaban J connectivity index is 3.30. The predicted octanol–water partition coefficient (Wildman–Crippen LogP) is 4.70. The van der Waals surface area contributed by atoms with Gasteiger partial charge in [-0.05, 0) is 38.5 Å². The van der Waals surface area contributed by atoms with Crippen molar-refractivity contribution in [3.8, 4) is 0 Å². The standard InChI is InChI=1S/C21H38O4/c1-2-3-4-5-6-7-8-9-10-11-12-13-14-15-16-17-21(24)25-19-20(23)18-22/h6-7,9-10,20,22-23H,2-5,8,11-19H2,1H3/b7-6-,10-9-/t20-/m0/s1. The van der Waals surface area contributed by atoms with Crippen LogP contribution in [0.3, 0.4) is 0 Å². The smallest absolute Gasteiger partial charge is 0.305 e. The molecular formula is C21H38O4. The van der Waals surface area contributed by atoms with Gasteiger partial charge in [-0.15, -0.1) is 0 Å². The summed E-state index contributed by atoms with van der Waals surface area (Å²) >= 11 is 0. The molecule has 0 aromatic carbocycles. The summed E-state index contributed by atoms with van der Waals surface area (Å²) in [5, 5.41) is 17.7. The lowest BCUT2D eigenvalue weighted by Gasteiger charge is -2.08. The van der Waals surface area contributed by atoms with E-state index in [0.29, 0.717) is 6.42 Å². The number of ether oxygens (including phenoxy) is 1. The molecule has 146 valence electrons. The average Bonchev–Trinajstić information content (AvgIpc) is 2.62. The number of aliphatic hydroxyl groups excluding tert-OH is 2. The zero-order valence-corrected chi connectivity index (χ0v) is 16.0. The maximum absolute atomic E-state index is 11.4. The first-order chi connectivity index (χ1) is 12.2. The largest absolute Gasteiger partial charge is 0.463 e. The van der Waals surface area contributed by atoms with Gasteiger partial charge in [0.15, 0.2) is 0 Å². The van der Waals surface area contributed by atoms with Gasteiger partial charge in [0.25, 0.3) is 0 Å². The first-order valence-electron chi connectivity index (χ1n) is 9.95. The van der Waals surface area contributed by atoms with Crippen LogP contribution in [0.2, 0.25) is 0 Å². The van der Waals surface area contributed by atoms with Crippen molar-refractivity contribution in [3.63, 3.8) is 0 Å². The SMILES string of the molecule is CCCCC/C=C\C/C=C\CCCCCCCC(=O)OC[C@@H](O)CO. The fourth-order valence-electron chi connectivity index (χ4n) is 2.39. The van der Waals surface area contributed by atoms with Gasteiger partial charge < -0.3 is 14.9 Å². The highest BCUT2D eigenvalue weighted by atomic mass is 16.5. The Morgan fingerprint density at radius 2 is 1.52 bits per heavy atom. The lowest BCUT2D eigenvalue weighted by Crippen LogP contribution is -2.21. The second-order valence-electron chi connectivity index (χ2n) is 6.50. The molecule has 0 radical (unpaired) electrons. The monoisotopic (exact) mass is 354 g/mol. The van der Waals surface area contributed by atoms with Crippen LogP contribution < -0.4 is 0 Å².